The van der Waals surface area contributed by atoms with Crippen molar-refractivity contribution < 1.29 is 22.0 Å². The van der Waals surface area contributed by atoms with E-state index in [0.29, 0.717) is 5.76 Å². The van der Waals surface area contributed by atoms with E-state index in [1.54, 1.807) is 26.1 Å². The quantitative estimate of drug-likeness (QED) is 0.928. The highest BCUT2D eigenvalue weighted by Crippen LogP contribution is 2.22. The van der Waals surface area contributed by atoms with Crippen molar-refractivity contribution in [1.82, 2.24) is 4.90 Å². The van der Waals surface area contributed by atoms with Crippen LogP contribution in [-0.4, -0.2) is 32.7 Å². The number of rotatable bonds is 4. The number of nitrogens with one attached hydrogen (secondary N) is 1. The number of urea groups is 1. The van der Waals surface area contributed by atoms with Crippen LogP contribution in [0, 0.1) is 5.82 Å². The standard InChI is InChI=1S/C15H17FN2O4S/c1-10(13-5-4-8-22-13)18(2)15(19)17-11-6-7-14(12(16)9-11)23(3,20)21/h4-10H,1-3H3,(H,17,19)/t10-/m1/s1. The van der Waals surface area contributed by atoms with Gasteiger partial charge in [0.1, 0.15) is 16.5 Å². The molecule has 2 rings (SSSR count). The molecule has 0 spiro atoms. The van der Waals surface area contributed by atoms with Gasteiger partial charge in [-0.05, 0) is 37.3 Å². The van der Waals surface area contributed by atoms with Crippen LogP contribution in [0.2, 0.25) is 0 Å². The maximum atomic E-state index is 13.8. The zero-order valence-corrected chi connectivity index (χ0v) is 13.7. The number of sulfone groups is 1. The van der Waals surface area contributed by atoms with Gasteiger partial charge in [-0.1, -0.05) is 0 Å². The molecule has 23 heavy (non-hydrogen) atoms. The van der Waals surface area contributed by atoms with Crippen LogP contribution in [0.15, 0.2) is 45.9 Å². The second kappa shape index (κ2) is 6.41. The molecule has 0 aliphatic rings. The summed E-state index contributed by atoms with van der Waals surface area (Å²) >= 11 is 0. The first-order valence-corrected chi connectivity index (χ1v) is 8.66. The van der Waals surface area contributed by atoms with Gasteiger partial charge in [0, 0.05) is 19.0 Å². The molecule has 1 heterocycles. The molecule has 0 unspecified atom stereocenters. The van der Waals surface area contributed by atoms with Crippen LogP contribution in [-0.2, 0) is 9.84 Å². The second-order valence-corrected chi connectivity index (χ2v) is 7.13. The van der Waals surface area contributed by atoms with Gasteiger partial charge in [0.2, 0.25) is 0 Å². The Balaban J connectivity index is 2.13. The lowest BCUT2D eigenvalue weighted by molar-refractivity contribution is 0.201. The zero-order chi connectivity index (χ0) is 17.2. The molecule has 1 aromatic carbocycles. The van der Waals surface area contributed by atoms with E-state index in [2.05, 4.69) is 5.32 Å². The highest BCUT2D eigenvalue weighted by molar-refractivity contribution is 7.90. The van der Waals surface area contributed by atoms with Crippen molar-refractivity contribution in [2.45, 2.75) is 17.9 Å². The van der Waals surface area contributed by atoms with Crippen LogP contribution < -0.4 is 5.32 Å². The summed E-state index contributed by atoms with van der Waals surface area (Å²) in [5.41, 5.74) is 0.165. The first kappa shape index (κ1) is 17.0. The maximum Gasteiger partial charge on any atom is 0.322 e. The summed E-state index contributed by atoms with van der Waals surface area (Å²) < 4.78 is 41.8. The summed E-state index contributed by atoms with van der Waals surface area (Å²) in [6.45, 7) is 1.78. The lowest BCUT2D eigenvalue weighted by Gasteiger charge is -2.23. The molecule has 2 amide bonds. The van der Waals surface area contributed by atoms with Gasteiger partial charge >= 0.3 is 6.03 Å². The fourth-order valence-electron chi connectivity index (χ4n) is 1.99. The predicted octanol–water partition coefficient (Wildman–Crippen LogP) is 3.05. The Kier molecular flexibility index (Phi) is 4.74. The molecule has 0 fully saturated rings. The van der Waals surface area contributed by atoms with Gasteiger partial charge in [0.05, 0.1) is 12.3 Å². The fraction of sp³-hybridized carbons (Fsp3) is 0.267. The number of hydrogen-bond acceptors (Lipinski definition) is 4. The van der Waals surface area contributed by atoms with E-state index >= 15 is 0 Å². The largest absolute Gasteiger partial charge is 0.467 e. The third-order valence-corrected chi connectivity index (χ3v) is 4.57. The molecular weight excluding hydrogens is 323 g/mol. The number of furan rings is 1. The number of halogens is 1. The van der Waals surface area contributed by atoms with Crippen LogP contribution in [0.4, 0.5) is 14.9 Å². The van der Waals surface area contributed by atoms with Gasteiger partial charge in [-0.3, -0.25) is 0 Å². The van der Waals surface area contributed by atoms with Crippen LogP contribution in [0.5, 0.6) is 0 Å². The highest BCUT2D eigenvalue weighted by atomic mass is 32.2. The fourth-order valence-corrected chi connectivity index (χ4v) is 2.72. The van der Waals surface area contributed by atoms with Gasteiger partial charge in [0.25, 0.3) is 0 Å². The van der Waals surface area contributed by atoms with Crippen molar-refractivity contribution in [2.24, 2.45) is 0 Å². The van der Waals surface area contributed by atoms with E-state index < -0.39 is 26.6 Å². The van der Waals surface area contributed by atoms with Crippen molar-refractivity contribution >= 4 is 21.6 Å². The Bertz CT molecular complexity index is 803. The summed E-state index contributed by atoms with van der Waals surface area (Å²) in [5.74, 6) is -0.298. The summed E-state index contributed by atoms with van der Waals surface area (Å²) in [7, 11) is -2.08. The van der Waals surface area contributed by atoms with Crippen LogP contribution in [0.25, 0.3) is 0 Å². The Morgan fingerprint density at radius 1 is 1.35 bits per heavy atom. The smallest absolute Gasteiger partial charge is 0.322 e. The number of hydrogen-bond donors (Lipinski definition) is 1. The third-order valence-electron chi connectivity index (χ3n) is 3.44. The van der Waals surface area contributed by atoms with Crippen molar-refractivity contribution in [2.75, 3.05) is 18.6 Å². The van der Waals surface area contributed by atoms with Crippen LogP contribution in [0.1, 0.15) is 18.7 Å². The predicted molar refractivity (Wildman–Crippen MR) is 83.4 cm³/mol. The van der Waals surface area contributed by atoms with Gasteiger partial charge < -0.3 is 14.6 Å². The third kappa shape index (κ3) is 3.89. The van der Waals surface area contributed by atoms with Gasteiger partial charge in [-0.15, -0.1) is 0 Å². The van der Waals surface area contributed by atoms with E-state index in [4.69, 9.17) is 4.42 Å². The minimum absolute atomic E-state index is 0.165. The molecule has 0 saturated heterocycles. The molecule has 124 valence electrons. The summed E-state index contributed by atoms with van der Waals surface area (Å²) in [6, 6.07) is 6.11. The van der Waals surface area contributed by atoms with E-state index in [0.717, 1.165) is 18.4 Å². The van der Waals surface area contributed by atoms with Crippen LogP contribution in [0.3, 0.4) is 0 Å². The first-order chi connectivity index (χ1) is 10.7. The number of anilines is 1. The molecule has 8 heteroatoms. The molecule has 0 radical (unpaired) electrons. The highest BCUT2D eigenvalue weighted by Gasteiger charge is 2.20. The van der Waals surface area contributed by atoms with Crippen LogP contribution >= 0.6 is 0 Å². The zero-order valence-electron chi connectivity index (χ0n) is 12.9. The average molecular weight is 340 g/mol. The van der Waals surface area contributed by atoms with E-state index in [-0.39, 0.29) is 11.7 Å². The molecule has 1 atom stereocenters. The Morgan fingerprint density at radius 3 is 2.57 bits per heavy atom. The molecule has 0 bridgehead atoms. The number of amides is 2. The average Bonchev–Trinajstić information content (AvgIpc) is 2.98. The van der Waals surface area contributed by atoms with Crippen molar-refractivity contribution in [1.29, 1.82) is 0 Å². The Hall–Kier alpha value is -2.35. The van der Waals surface area contributed by atoms with Crippen molar-refractivity contribution in [3.63, 3.8) is 0 Å². The monoisotopic (exact) mass is 340 g/mol. The molecule has 1 aromatic heterocycles. The van der Waals surface area contributed by atoms with Crippen molar-refractivity contribution in [3.05, 3.63) is 48.2 Å². The second-order valence-electron chi connectivity index (χ2n) is 5.15. The maximum absolute atomic E-state index is 13.8. The topological polar surface area (TPSA) is 79.6 Å². The minimum Gasteiger partial charge on any atom is -0.467 e. The molecule has 0 aliphatic carbocycles. The molecule has 1 N–H and O–H groups in total. The molecule has 6 nitrogen and oxygen atoms in total. The molecular formula is C15H17FN2O4S. The summed E-state index contributed by atoms with van der Waals surface area (Å²) in [4.78, 5) is 13.2. The number of carbonyl (C=O) groups excluding carboxylic acids is 1. The Labute approximate surface area is 133 Å². The summed E-state index contributed by atoms with van der Waals surface area (Å²) in [5, 5.41) is 2.51. The Morgan fingerprint density at radius 2 is 2.04 bits per heavy atom. The number of carbonyl (C=O) groups is 1. The number of nitrogens with zero attached hydrogens (tertiary/aromatic N) is 1. The molecule has 0 aliphatic heterocycles. The van der Waals surface area contributed by atoms with E-state index in [1.807, 2.05) is 0 Å². The minimum atomic E-state index is -3.65. The lowest BCUT2D eigenvalue weighted by Crippen LogP contribution is -2.33. The number of benzene rings is 1. The SMILES string of the molecule is C[C@H](c1ccco1)N(C)C(=O)Nc1ccc(S(C)(=O)=O)c(F)c1. The normalized spacial score (nSPS) is 12.7. The van der Waals surface area contributed by atoms with Gasteiger partial charge in [0.15, 0.2) is 9.84 Å². The molecule has 0 saturated carbocycles. The van der Waals surface area contributed by atoms with Crippen molar-refractivity contribution in [3.8, 4) is 0 Å². The summed E-state index contributed by atoms with van der Waals surface area (Å²) in [6.07, 6.45) is 2.43. The lowest BCUT2D eigenvalue weighted by atomic mass is 10.2. The van der Waals surface area contributed by atoms with E-state index in [1.165, 1.54) is 17.2 Å². The van der Waals surface area contributed by atoms with Gasteiger partial charge in [-0.25, -0.2) is 17.6 Å². The van der Waals surface area contributed by atoms with Gasteiger partial charge in [-0.2, -0.15) is 0 Å². The first-order valence-electron chi connectivity index (χ1n) is 6.77. The molecule has 2 aromatic rings. The van der Waals surface area contributed by atoms with E-state index in [9.17, 15) is 17.6 Å².